The van der Waals surface area contributed by atoms with Gasteiger partial charge >= 0.3 is 0 Å². The van der Waals surface area contributed by atoms with Crippen molar-refractivity contribution >= 4 is 34.2 Å². The molecule has 0 amide bonds. The van der Waals surface area contributed by atoms with Gasteiger partial charge in [0.15, 0.2) is 0 Å². The number of aromatic nitrogens is 1. The Hall–Kier alpha value is -1.47. The van der Waals surface area contributed by atoms with Crippen LogP contribution in [-0.2, 0) is 19.9 Å². The second-order valence-electron chi connectivity index (χ2n) is 8.19. The molecule has 0 bridgehead atoms. The molecule has 6 heteroatoms. The number of rotatable bonds is 6. The van der Waals surface area contributed by atoms with Gasteiger partial charge in [-0.15, -0.1) is 11.3 Å². The third kappa shape index (κ3) is 4.57. The SMILES string of the molecule is COC1(c2cnc(-c3ccc(C(=S)CC(=O)C(C)(C)C)cc3)s2)CCOCC1. The van der Waals surface area contributed by atoms with Crippen molar-refractivity contribution in [3.8, 4) is 10.6 Å². The number of hydrogen-bond donors (Lipinski definition) is 0. The van der Waals surface area contributed by atoms with Gasteiger partial charge in [-0.2, -0.15) is 0 Å². The van der Waals surface area contributed by atoms with Crippen LogP contribution in [0.4, 0.5) is 0 Å². The molecule has 0 atom stereocenters. The van der Waals surface area contributed by atoms with Gasteiger partial charge in [-0.05, 0) is 5.56 Å². The average molecular weight is 418 g/mol. The summed E-state index contributed by atoms with van der Waals surface area (Å²) >= 11 is 7.15. The van der Waals surface area contributed by atoms with Crippen molar-refractivity contribution in [1.29, 1.82) is 0 Å². The summed E-state index contributed by atoms with van der Waals surface area (Å²) in [6, 6.07) is 8.01. The van der Waals surface area contributed by atoms with E-state index in [4.69, 9.17) is 21.7 Å². The minimum absolute atomic E-state index is 0.160. The highest BCUT2D eigenvalue weighted by Crippen LogP contribution is 2.40. The Morgan fingerprint density at radius 3 is 2.46 bits per heavy atom. The van der Waals surface area contributed by atoms with Crippen molar-refractivity contribution in [2.24, 2.45) is 5.41 Å². The van der Waals surface area contributed by atoms with Crippen LogP contribution in [0.25, 0.3) is 10.6 Å². The highest BCUT2D eigenvalue weighted by Gasteiger charge is 2.36. The van der Waals surface area contributed by atoms with Gasteiger partial charge in [0.2, 0.25) is 0 Å². The predicted octanol–water partition coefficient (Wildman–Crippen LogP) is 5.19. The topological polar surface area (TPSA) is 48.4 Å². The number of Topliss-reactive ketones (excluding diaryl/α,β-unsaturated/α-hetero) is 1. The average Bonchev–Trinajstić information content (AvgIpc) is 3.18. The normalized spacial score (nSPS) is 16.7. The van der Waals surface area contributed by atoms with E-state index in [0.29, 0.717) is 24.5 Å². The van der Waals surface area contributed by atoms with Crippen LogP contribution >= 0.6 is 23.6 Å². The molecule has 4 nitrogen and oxygen atoms in total. The van der Waals surface area contributed by atoms with E-state index in [-0.39, 0.29) is 16.8 Å². The van der Waals surface area contributed by atoms with E-state index in [1.807, 2.05) is 51.2 Å². The summed E-state index contributed by atoms with van der Waals surface area (Å²) in [5.74, 6) is 0.160. The Bertz CT molecular complexity index is 843. The standard InChI is InChI=1S/C22H27NO3S2/c1-21(2,3)18(24)13-17(27)15-5-7-16(8-6-15)20-23-14-19(28-20)22(25-4)9-11-26-12-10-22/h5-8,14H,9-13H2,1-4H3. The number of methoxy groups -OCH3 is 1. The fourth-order valence-corrected chi connectivity index (χ4v) is 4.60. The van der Waals surface area contributed by atoms with Gasteiger partial charge in [0.05, 0.1) is 4.88 Å². The number of benzene rings is 1. The molecule has 1 saturated heterocycles. The molecule has 28 heavy (non-hydrogen) atoms. The van der Waals surface area contributed by atoms with E-state index in [1.165, 1.54) is 0 Å². The van der Waals surface area contributed by atoms with Crippen molar-refractivity contribution in [3.63, 3.8) is 0 Å². The Kier molecular flexibility index (Phi) is 6.44. The lowest BCUT2D eigenvalue weighted by atomic mass is 9.87. The minimum Gasteiger partial charge on any atom is -0.381 e. The number of hydrogen-bond acceptors (Lipinski definition) is 6. The summed E-state index contributed by atoms with van der Waals surface area (Å²) < 4.78 is 11.4. The van der Waals surface area contributed by atoms with Crippen molar-refractivity contribution < 1.29 is 14.3 Å². The number of carbonyl (C=O) groups excluding carboxylic acids is 1. The molecule has 1 aliphatic heterocycles. The highest BCUT2D eigenvalue weighted by atomic mass is 32.1. The molecule has 2 aromatic rings. The predicted molar refractivity (Wildman–Crippen MR) is 117 cm³/mol. The third-order valence-electron chi connectivity index (χ3n) is 5.26. The maximum Gasteiger partial charge on any atom is 0.143 e. The molecule has 1 aromatic heterocycles. The number of thiocarbonyl (C=S) groups is 1. The quantitative estimate of drug-likeness (QED) is 0.478. The largest absolute Gasteiger partial charge is 0.381 e. The van der Waals surface area contributed by atoms with Crippen LogP contribution in [0.1, 0.15) is 50.5 Å². The molecule has 0 unspecified atom stereocenters. The molecule has 1 fully saturated rings. The maximum absolute atomic E-state index is 12.2. The van der Waals surface area contributed by atoms with Crippen LogP contribution < -0.4 is 0 Å². The lowest BCUT2D eigenvalue weighted by Gasteiger charge is -2.34. The molecule has 150 valence electrons. The summed E-state index contributed by atoms with van der Waals surface area (Å²) in [6.07, 6.45) is 3.92. The number of carbonyl (C=O) groups is 1. The Balaban J connectivity index is 1.75. The van der Waals surface area contributed by atoms with Crippen LogP contribution in [0.2, 0.25) is 0 Å². The molecular weight excluding hydrogens is 390 g/mol. The highest BCUT2D eigenvalue weighted by molar-refractivity contribution is 7.80. The van der Waals surface area contributed by atoms with Crippen LogP contribution in [-0.4, -0.2) is 36.0 Å². The molecule has 1 aliphatic rings. The van der Waals surface area contributed by atoms with E-state index in [2.05, 4.69) is 4.98 Å². The first-order chi connectivity index (χ1) is 13.2. The molecule has 1 aromatic carbocycles. The lowest BCUT2D eigenvalue weighted by Crippen LogP contribution is -2.34. The fourth-order valence-electron chi connectivity index (χ4n) is 3.18. The first kappa shape index (κ1) is 21.2. The summed E-state index contributed by atoms with van der Waals surface area (Å²) in [4.78, 5) is 18.7. The van der Waals surface area contributed by atoms with Gasteiger partial charge in [-0.1, -0.05) is 57.3 Å². The van der Waals surface area contributed by atoms with Crippen molar-refractivity contribution in [3.05, 3.63) is 40.9 Å². The molecular formula is C22H27NO3S2. The van der Waals surface area contributed by atoms with Gasteiger partial charge in [-0.3, -0.25) is 4.79 Å². The van der Waals surface area contributed by atoms with E-state index < -0.39 is 0 Å². The number of thiazole rings is 1. The Morgan fingerprint density at radius 2 is 1.89 bits per heavy atom. The van der Waals surface area contributed by atoms with Gasteiger partial charge < -0.3 is 9.47 Å². The molecule has 0 spiro atoms. The van der Waals surface area contributed by atoms with Crippen LogP contribution in [0.5, 0.6) is 0 Å². The molecule has 0 saturated carbocycles. The van der Waals surface area contributed by atoms with E-state index in [9.17, 15) is 4.79 Å². The fraction of sp³-hybridized carbons (Fsp3) is 0.500. The summed E-state index contributed by atoms with van der Waals surface area (Å²) in [5.41, 5.74) is 1.31. The van der Waals surface area contributed by atoms with Crippen LogP contribution in [0.3, 0.4) is 0 Å². The van der Waals surface area contributed by atoms with E-state index in [0.717, 1.165) is 33.9 Å². The second kappa shape index (κ2) is 8.49. The molecule has 0 aliphatic carbocycles. The smallest absolute Gasteiger partial charge is 0.143 e. The van der Waals surface area contributed by atoms with Crippen molar-refractivity contribution in [2.75, 3.05) is 20.3 Å². The Morgan fingerprint density at radius 1 is 1.25 bits per heavy atom. The Labute approximate surface area is 176 Å². The maximum atomic E-state index is 12.2. The first-order valence-electron chi connectivity index (χ1n) is 9.51. The van der Waals surface area contributed by atoms with Gasteiger partial charge in [-0.25, -0.2) is 4.98 Å². The number of ether oxygens (including phenoxy) is 2. The van der Waals surface area contributed by atoms with Crippen molar-refractivity contribution in [2.45, 2.75) is 45.6 Å². The number of ketones is 1. The summed E-state index contributed by atoms with van der Waals surface area (Å²) in [7, 11) is 1.76. The molecule has 2 heterocycles. The van der Waals surface area contributed by atoms with Crippen molar-refractivity contribution in [1.82, 2.24) is 4.98 Å². The van der Waals surface area contributed by atoms with Crippen LogP contribution in [0.15, 0.2) is 30.5 Å². The number of nitrogens with zero attached hydrogens (tertiary/aromatic N) is 1. The molecule has 0 radical (unpaired) electrons. The van der Waals surface area contributed by atoms with E-state index >= 15 is 0 Å². The zero-order valence-corrected chi connectivity index (χ0v) is 18.5. The monoisotopic (exact) mass is 417 g/mol. The third-order valence-corrected chi connectivity index (χ3v) is 6.87. The molecule has 3 rings (SSSR count). The van der Waals surface area contributed by atoms with Crippen LogP contribution in [0, 0.1) is 5.41 Å². The summed E-state index contributed by atoms with van der Waals surface area (Å²) in [6.45, 7) is 7.19. The minimum atomic E-state index is -0.372. The second-order valence-corrected chi connectivity index (χ2v) is 9.71. The lowest BCUT2D eigenvalue weighted by molar-refractivity contribution is -0.124. The van der Waals surface area contributed by atoms with Gasteiger partial charge in [0, 0.05) is 61.6 Å². The van der Waals surface area contributed by atoms with Gasteiger partial charge in [0.25, 0.3) is 0 Å². The zero-order valence-electron chi connectivity index (χ0n) is 16.9. The molecule has 0 N–H and O–H groups in total. The van der Waals surface area contributed by atoms with E-state index in [1.54, 1.807) is 18.4 Å². The summed E-state index contributed by atoms with van der Waals surface area (Å²) in [5, 5.41) is 0.959. The van der Waals surface area contributed by atoms with Gasteiger partial charge in [0.1, 0.15) is 16.4 Å². The first-order valence-corrected chi connectivity index (χ1v) is 10.7. The zero-order chi connectivity index (χ0) is 20.4.